The van der Waals surface area contributed by atoms with Crippen LogP contribution >= 0.6 is 0 Å². The largest absolute Gasteiger partial charge is 0.398 e. The first-order chi connectivity index (χ1) is 6.56. The van der Waals surface area contributed by atoms with Crippen molar-refractivity contribution in [2.24, 2.45) is 0 Å². The van der Waals surface area contributed by atoms with Crippen LogP contribution in [0.25, 0.3) is 0 Å². The second-order valence-electron chi connectivity index (χ2n) is 3.38. The highest BCUT2D eigenvalue weighted by Gasteiger charge is 2.11. The Balaban J connectivity index is 3.07. The Bertz CT molecular complexity index is 350. The zero-order valence-corrected chi connectivity index (χ0v) is 8.36. The number of nitro benzene ring substituents is 1. The Morgan fingerprint density at radius 3 is 2.64 bits per heavy atom. The number of benzene rings is 1. The maximum atomic E-state index is 10.5. The van der Waals surface area contributed by atoms with Crippen LogP contribution in [0.2, 0.25) is 0 Å². The lowest BCUT2D eigenvalue weighted by Gasteiger charge is -2.11. The smallest absolute Gasteiger partial charge is 0.271 e. The van der Waals surface area contributed by atoms with Gasteiger partial charge in [-0.2, -0.15) is 0 Å². The molecule has 0 radical (unpaired) electrons. The molecule has 0 aliphatic rings. The number of non-ortho nitro benzene ring substituents is 1. The van der Waals surface area contributed by atoms with E-state index in [1.807, 2.05) is 0 Å². The summed E-state index contributed by atoms with van der Waals surface area (Å²) in [7, 11) is 0. The fourth-order valence-electron chi connectivity index (χ4n) is 1.34. The molecule has 4 heteroatoms. The zero-order valence-electron chi connectivity index (χ0n) is 8.36. The fourth-order valence-corrected chi connectivity index (χ4v) is 1.34. The van der Waals surface area contributed by atoms with Crippen molar-refractivity contribution in [2.75, 3.05) is 5.73 Å². The van der Waals surface area contributed by atoms with Gasteiger partial charge in [-0.05, 0) is 24.0 Å². The summed E-state index contributed by atoms with van der Waals surface area (Å²) >= 11 is 0. The molecule has 76 valence electrons. The van der Waals surface area contributed by atoms with Gasteiger partial charge in [0, 0.05) is 17.8 Å². The number of nitrogens with zero attached hydrogens (tertiary/aromatic N) is 1. The Morgan fingerprint density at radius 1 is 1.57 bits per heavy atom. The third kappa shape index (κ3) is 2.02. The van der Waals surface area contributed by atoms with Crippen molar-refractivity contribution in [2.45, 2.75) is 26.2 Å². The molecule has 14 heavy (non-hydrogen) atoms. The molecule has 0 spiro atoms. The number of rotatable bonds is 3. The van der Waals surface area contributed by atoms with Gasteiger partial charge in [0.25, 0.3) is 5.69 Å². The molecule has 2 N–H and O–H groups in total. The van der Waals surface area contributed by atoms with E-state index in [1.54, 1.807) is 6.07 Å². The van der Waals surface area contributed by atoms with Gasteiger partial charge < -0.3 is 5.73 Å². The average molecular weight is 194 g/mol. The monoisotopic (exact) mass is 194 g/mol. The summed E-state index contributed by atoms with van der Waals surface area (Å²) in [6.07, 6.45) is 0.974. The Hall–Kier alpha value is -1.58. The van der Waals surface area contributed by atoms with Gasteiger partial charge in [-0.1, -0.05) is 13.8 Å². The summed E-state index contributed by atoms with van der Waals surface area (Å²) in [5.74, 6) is 0.343. The molecular formula is C10H14N2O2. The molecule has 1 aromatic rings. The van der Waals surface area contributed by atoms with E-state index in [1.165, 1.54) is 12.1 Å². The van der Waals surface area contributed by atoms with Crippen LogP contribution < -0.4 is 5.73 Å². The standard InChI is InChI=1S/C10H14N2O2/c1-3-7(2)9-5-4-8(12(13)14)6-10(9)11/h4-7H,3,11H2,1-2H3. The van der Waals surface area contributed by atoms with Crippen LogP contribution in [0.15, 0.2) is 18.2 Å². The highest BCUT2D eigenvalue weighted by Crippen LogP contribution is 2.27. The Kier molecular flexibility index (Phi) is 3.06. The van der Waals surface area contributed by atoms with Crippen LogP contribution in [0.4, 0.5) is 11.4 Å². The van der Waals surface area contributed by atoms with E-state index in [-0.39, 0.29) is 5.69 Å². The van der Waals surface area contributed by atoms with Gasteiger partial charge >= 0.3 is 0 Å². The maximum Gasteiger partial charge on any atom is 0.271 e. The summed E-state index contributed by atoms with van der Waals surface area (Å²) in [5.41, 5.74) is 7.27. The SMILES string of the molecule is CCC(C)c1ccc([N+](=O)[O-])cc1N. The minimum atomic E-state index is -0.434. The van der Waals surface area contributed by atoms with Gasteiger partial charge in [-0.25, -0.2) is 0 Å². The third-order valence-electron chi connectivity index (χ3n) is 2.42. The van der Waals surface area contributed by atoms with Crippen molar-refractivity contribution in [1.29, 1.82) is 0 Å². The summed E-state index contributed by atoms with van der Waals surface area (Å²) in [4.78, 5) is 10.0. The molecule has 0 fully saturated rings. The minimum absolute atomic E-state index is 0.0505. The van der Waals surface area contributed by atoms with Crippen LogP contribution in [0, 0.1) is 10.1 Å². The quantitative estimate of drug-likeness (QED) is 0.457. The number of nitrogen functional groups attached to an aromatic ring is 1. The van der Waals surface area contributed by atoms with Crippen molar-refractivity contribution in [3.8, 4) is 0 Å². The van der Waals surface area contributed by atoms with Crippen molar-refractivity contribution >= 4 is 11.4 Å². The molecule has 1 atom stereocenters. The molecule has 0 saturated heterocycles. The second kappa shape index (κ2) is 4.09. The highest BCUT2D eigenvalue weighted by atomic mass is 16.6. The lowest BCUT2D eigenvalue weighted by Crippen LogP contribution is -1.99. The van der Waals surface area contributed by atoms with Crippen LogP contribution in [0.3, 0.4) is 0 Å². The van der Waals surface area contributed by atoms with Gasteiger partial charge in [0.1, 0.15) is 0 Å². The van der Waals surface area contributed by atoms with Gasteiger partial charge in [0.15, 0.2) is 0 Å². The molecule has 0 aromatic heterocycles. The second-order valence-corrected chi connectivity index (χ2v) is 3.38. The first kappa shape index (κ1) is 10.5. The summed E-state index contributed by atoms with van der Waals surface area (Å²) < 4.78 is 0. The molecule has 0 saturated carbocycles. The molecule has 1 unspecified atom stereocenters. The van der Waals surface area contributed by atoms with E-state index in [0.29, 0.717) is 11.6 Å². The molecule has 0 aliphatic heterocycles. The predicted octanol–water partition coefficient (Wildman–Crippen LogP) is 2.69. The predicted molar refractivity (Wildman–Crippen MR) is 56.2 cm³/mol. The first-order valence-corrected chi connectivity index (χ1v) is 4.60. The van der Waals surface area contributed by atoms with Crippen molar-refractivity contribution in [3.63, 3.8) is 0 Å². The number of hydrogen-bond acceptors (Lipinski definition) is 3. The summed E-state index contributed by atoms with van der Waals surface area (Å²) in [5, 5.41) is 10.5. The van der Waals surface area contributed by atoms with Gasteiger partial charge in [-0.3, -0.25) is 10.1 Å². The number of nitro groups is 1. The summed E-state index contributed by atoms with van der Waals surface area (Å²) in [6, 6.07) is 4.65. The average Bonchev–Trinajstić information content (AvgIpc) is 2.16. The van der Waals surface area contributed by atoms with Crippen LogP contribution in [0.1, 0.15) is 31.7 Å². The normalized spacial score (nSPS) is 12.4. The van der Waals surface area contributed by atoms with Crippen LogP contribution in [-0.4, -0.2) is 4.92 Å². The van der Waals surface area contributed by atoms with Crippen molar-refractivity contribution < 1.29 is 4.92 Å². The minimum Gasteiger partial charge on any atom is -0.398 e. The number of anilines is 1. The summed E-state index contributed by atoms with van der Waals surface area (Å²) in [6.45, 7) is 4.11. The molecule has 0 heterocycles. The van der Waals surface area contributed by atoms with E-state index in [2.05, 4.69) is 13.8 Å². The lowest BCUT2D eigenvalue weighted by molar-refractivity contribution is -0.384. The molecule has 4 nitrogen and oxygen atoms in total. The molecule has 0 amide bonds. The van der Waals surface area contributed by atoms with Crippen molar-refractivity contribution in [3.05, 3.63) is 33.9 Å². The van der Waals surface area contributed by atoms with Crippen LogP contribution in [-0.2, 0) is 0 Å². The van der Waals surface area contributed by atoms with Gasteiger partial charge in [0.05, 0.1) is 4.92 Å². The van der Waals surface area contributed by atoms with Crippen molar-refractivity contribution in [1.82, 2.24) is 0 Å². The van der Waals surface area contributed by atoms with E-state index in [0.717, 1.165) is 12.0 Å². The van der Waals surface area contributed by atoms with E-state index in [4.69, 9.17) is 5.73 Å². The number of nitrogens with two attached hydrogens (primary N) is 1. The van der Waals surface area contributed by atoms with Gasteiger partial charge in [-0.15, -0.1) is 0 Å². The highest BCUT2D eigenvalue weighted by molar-refractivity contribution is 5.55. The molecular weight excluding hydrogens is 180 g/mol. The molecule has 0 aliphatic carbocycles. The Labute approximate surface area is 82.9 Å². The molecule has 0 bridgehead atoms. The first-order valence-electron chi connectivity index (χ1n) is 4.60. The van der Waals surface area contributed by atoms with Crippen LogP contribution in [0.5, 0.6) is 0 Å². The maximum absolute atomic E-state index is 10.5. The van der Waals surface area contributed by atoms with Gasteiger partial charge in [0.2, 0.25) is 0 Å². The van der Waals surface area contributed by atoms with E-state index >= 15 is 0 Å². The molecule has 1 aromatic carbocycles. The van der Waals surface area contributed by atoms with E-state index in [9.17, 15) is 10.1 Å². The number of hydrogen-bond donors (Lipinski definition) is 1. The van der Waals surface area contributed by atoms with E-state index < -0.39 is 4.92 Å². The zero-order chi connectivity index (χ0) is 10.7. The third-order valence-corrected chi connectivity index (χ3v) is 2.42. The molecule has 1 rings (SSSR count). The topological polar surface area (TPSA) is 69.2 Å². The fraction of sp³-hybridized carbons (Fsp3) is 0.400. The lowest BCUT2D eigenvalue weighted by atomic mass is 9.97. The Morgan fingerprint density at radius 2 is 2.21 bits per heavy atom.